The van der Waals surface area contributed by atoms with Gasteiger partial charge in [-0.15, -0.1) is 0 Å². The van der Waals surface area contributed by atoms with E-state index in [2.05, 4.69) is 11.9 Å². The molecule has 2 heterocycles. The number of nitrogens with two attached hydrogens (primary N) is 1. The number of oxazole rings is 1. The fraction of sp³-hybridized carbons (Fsp3) is 0.700. The van der Waals surface area contributed by atoms with E-state index in [-0.39, 0.29) is 5.41 Å². The lowest BCUT2D eigenvalue weighted by molar-refractivity contribution is 0.174. The molecular formula is C10H16N2O2. The molecule has 1 fully saturated rings. The Kier molecular flexibility index (Phi) is 2.56. The predicted molar refractivity (Wildman–Crippen MR) is 52.0 cm³/mol. The standard InChI is InChI=1S/C10H16N2O2/c1-10(3-5-13-7-10)8-6-12-9(14-8)2-4-11/h6H,2-5,7,11H2,1H3. The van der Waals surface area contributed by atoms with Gasteiger partial charge in [-0.1, -0.05) is 6.92 Å². The zero-order valence-corrected chi connectivity index (χ0v) is 8.45. The highest BCUT2D eigenvalue weighted by Crippen LogP contribution is 2.32. The Hall–Kier alpha value is -0.870. The van der Waals surface area contributed by atoms with Gasteiger partial charge < -0.3 is 14.9 Å². The van der Waals surface area contributed by atoms with Gasteiger partial charge in [-0.25, -0.2) is 4.98 Å². The molecule has 2 N–H and O–H groups in total. The summed E-state index contributed by atoms with van der Waals surface area (Å²) in [6, 6.07) is 0. The minimum atomic E-state index is 0.0137. The molecule has 0 spiro atoms. The molecule has 0 saturated carbocycles. The summed E-state index contributed by atoms with van der Waals surface area (Å²) >= 11 is 0. The summed E-state index contributed by atoms with van der Waals surface area (Å²) in [6.45, 7) is 4.26. The second-order valence-corrected chi connectivity index (χ2v) is 4.02. The summed E-state index contributed by atoms with van der Waals surface area (Å²) in [7, 11) is 0. The van der Waals surface area contributed by atoms with Crippen LogP contribution < -0.4 is 5.73 Å². The van der Waals surface area contributed by atoms with E-state index in [9.17, 15) is 0 Å². The predicted octanol–water partition coefficient (Wildman–Crippen LogP) is 0.854. The highest BCUT2D eigenvalue weighted by molar-refractivity contribution is 5.11. The van der Waals surface area contributed by atoms with Gasteiger partial charge in [0, 0.05) is 19.6 Å². The average molecular weight is 196 g/mol. The highest BCUT2D eigenvalue weighted by atomic mass is 16.5. The van der Waals surface area contributed by atoms with Crippen LogP contribution in [0.1, 0.15) is 25.0 Å². The van der Waals surface area contributed by atoms with Gasteiger partial charge in [0.25, 0.3) is 0 Å². The van der Waals surface area contributed by atoms with Crippen LogP contribution in [0.25, 0.3) is 0 Å². The molecule has 1 atom stereocenters. The van der Waals surface area contributed by atoms with Gasteiger partial charge in [0.15, 0.2) is 5.89 Å². The molecule has 78 valence electrons. The molecule has 0 amide bonds. The quantitative estimate of drug-likeness (QED) is 0.778. The van der Waals surface area contributed by atoms with Crippen molar-refractivity contribution in [3.05, 3.63) is 17.8 Å². The van der Waals surface area contributed by atoms with E-state index < -0.39 is 0 Å². The second-order valence-electron chi connectivity index (χ2n) is 4.02. The first-order chi connectivity index (χ1) is 6.74. The fourth-order valence-corrected chi connectivity index (χ4v) is 1.69. The molecule has 14 heavy (non-hydrogen) atoms. The van der Waals surface area contributed by atoms with Crippen molar-refractivity contribution in [2.75, 3.05) is 19.8 Å². The number of hydrogen-bond donors (Lipinski definition) is 1. The topological polar surface area (TPSA) is 61.3 Å². The molecule has 1 aliphatic rings. The molecule has 1 unspecified atom stereocenters. The van der Waals surface area contributed by atoms with Gasteiger partial charge >= 0.3 is 0 Å². The van der Waals surface area contributed by atoms with Crippen molar-refractivity contribution < 1.29 is 9.15 Å². The highest BCUT2D eigenvalue weighted by Gasteiger charge is 2.35. The maximum absolute atomic E-state index is 5.64. The maximum Gasteiger partial charge on any atom is 0.195 e. The van der Waals surface area contributed by atoms with Crippen molar-refractivity contribution in [3.8, 4) is 0 Å². The molecule has 0 aliphatic carbocycles. The number of aromatic nitrogens is 1. The summed E-state index contributed by atoms with van der Waals surface area (Å²) in [5.74, 6) is 1.66. The van der Waals surface area contributed by atoms with Gasteiger partial charge in [-0.3, -0.25) is 0 Å². The van der Waals surface area contributed by atoms with Crippen LogP contribution in [-0.2, 0) is 16.6 Å². The Morgan fingerprint density at radius 2 is 2.50 bits per heavy atom. The molecular weight excluding hydrogens is 180 g/mol. The minimum Gasteiger partial charge on any atom is -0.445 e. The van der Waals surface area contributed by atoms with Crippen LogP contribution in [0.4, 0.5) is 0 Å². The van der Waals surface area contributed by atoms with Crippen LogP contribution in [0.3, 0.4) is 0 Å². The Morgan fingerprint density at radius 3 is 3.14 bits per heavy atom. The molecule has 4 heteroatoms. The lowest BCUT2D eigenvalue weighted by atomic mass is 9.88. The first-order valence-electron chi connectivity index (χ1n) is 4.97. The summed E-state index contributed by atoms with van der Waals surface area (Å²) in [4.78, 5) is 4.19. The number of rotatable bonds is 3. The van der Waals surface area contributed by atoms with Crippen LogP contribution in [0.15, 0.2) is 10.6 Å². The van der Waals surface area contributed by atoms with E-state index in [0.29, 0.717) is 13.0 Å². The van der Waals surface area contributed by atoms with Crippen molar-refractivity contribution in [1.29, 1.82) is 0 Å². The molecule has 1 aromatic heterocycles. The van der Waals surface area contributed by atoms with Gasteiger partial charge in [0.1, 0.15) is 5.76 Å². The average Bonchev–Trinajstić information content (AvgIpc) is 2.75. The molecule has 0 radical (unpaired) electrons. The van der Waals surface area contributed by atoms with Gasteiger partial charge in [-0.2, -0.15) is 0 Å². The summed E-state index contributed by atoms with van der Waals surface area (Å²) in [5, 5.41) is 0. The van der Waals surface area contributed by atoms with E-state index in [1.807, 2.05) is 0 Å². The molecule has 0 aromatic carbocycles. The fourth-order valence-electron chi connectivity index (χ4n) is 1.69. The third-order valence-electron chi connectivity index (χ3n) is 2.73. The van der Waals surface area contributed by atoms with E-state index in [4.69, 9.17) is 14.9 Å². The molecule has 1 aliphatic heterocycles. The van der Waals surface area contributed by atoms with E-state index in [1.165, 1.54) is 0 Å². The Bertz CT molecular complexity index is 303. The Labute approximate surface area is 83.4 Å². The number of nitrogens with zero attached hydrogens (tertiary/aromatic N) is 1. The number of ether oxygens (including phenoxy) is 1. The lowest BCUT2D eigenvalue weighted by Crippen LogP contribution is -2.20. The Morgan fingerprint density at radius 1 is 1.64 bits per heavy atom. The van der Waals surface area contributed by atoms with Gasteiger partial charge in [0.2, 0.25) is 0 Å². The zero-order chi connectivity index (χ0) is 10.0. The molecule has 4 nitrogen and oxygen atoms in total. The molecule has 0 bridgehead atoms. The maximum atomic E-state index is 5.64. The van der Waals surface area contributed by atoms with Crippen molar-refractivity contribution in [2.45, 2.75) is 25.2 Å². The van der Waals surface area contributed by atoms with Crippen molar-refractivity contribution in [2.24, 2.45) is 5.73 Å². The van der Waals surface area contributed by atoms with Crippen molar-refractivity contribution >= 4 is 0 Å². The summed E-state index contributed by atoms with van der Waals surface area (Å²) < 4.78 is 11.0. The third kappa shape index (κ3) is 1.67. The minimum absolute atomic E-state index is 0.0137. The Balaban J connectivity index is 2.15. The lowest BCUT2D eigenvalue weighted by Gasteiger charge is -2.17. The normalized spacial score (nSPS) is 27.0. The first kappa shape index (κ1) is 9.68. The van der Waals surface area contributed by atoms with E-state index >= 15 is 0 Å². The monoisotopic (exact) mass is 196 g/mol. The first-order valence-corrected chi connectivity index (χ1v) is 4.97. The molecule has 2 rings (SSSR count). The molecule has 1 aromatic rings. The van der Waals surface area contributed by atoms with E-state index in [0.717, 1.165) is 31.3 Å². The summed E-state index contributed by atoms with van der Waals surface area (Å²) in [5.41, 5.74) is 5.45. The third-order valence-corrected chi connectivity index (χ3v) is 2.73. The van der Waals surface area contributed by atoms with Crippen LogP contribution in [0.5, 0.6) is 0 Å². The van der Waals surface area contributed by atoms with Crippen LogP contribution in [0, 0.1) is 0 Å². The van der Waals surface area contributed by atoms with Crippen molar-refractivity contribution in [1.82, 2.24) is 4.98 Å². The van der Waals surface area contributed by atoms with Gasteiger partial charge in [-0.05, 0) is 6.42 Å². The number of hydrogen-bond acceptors (Lipinski definition) is 4. The smallest absolute Gasteiger partial charge is 0.195 e. The summed E-state index contributed by atoms with van der Waals surface area (Å²) in [6.07, 6.45) is 3.51. The van der Waals surface area contributed by atoms with Crippen LogP contribution in [0.2, 0.25) is 0 Å². The zero-order valence-electron chi connectivity index (χ0n) is 8.45. The molecule has 1 saturated heterocycles. The largest absolute Gasteiger partial charge is 0.445 e. The van der Waals surface area contributed by atoms with Crippen molar-refractivity contribution in [3.63, 3.8) is 0 Å². The van der Waals surface area contributed by atoms with Gasteiger partial charge in [0.05, 0.1) is 18.2 Å². The van der Waals surface area contributed by atoms with Crippen LogP contribution >= 0.6 is 0 Å². The second kappa shape index (κ2) is 3.71. The van der Waals surface area contributed by atoms with Crippen LogP contribution in [-0.4, -0.2) is 24.7 Å². The van der Waals surface area contributed by atoms with E-state index in [1.54, 1.807) is 6.20 Å². The SMILES string of the molecule is CC1(c2cnc(CCN)o2)CCOC1.